The summed E-state index contributed by atoms with van der Waals surface area (Å²) in [4.78, 5) is 32.0. The second kappa shape index (κ2) is 10.7. The summed E-state index contributed by atoms with van der Waals surface area (Å²) in [6.07, 6.45) is 3.26. The number of ether oxygens (including phenoxy) is 1. The summed E-state index contributed by atoms with van der Waals surface area (Å²) in [7, 11) is 0. The molecule has 184 valence electrons. The smallest absolute Gasteiger partial charge is 0.295 e. The highest BCUT2D eigenvalue weighted by Gasteiger charge is 2.46. The summed E-state index contributed by atoms with van der Waals surface area (Å²) in [6, 6.07) is 26.3. The van der Waals surface area contributed by atoms with E-state index in [0.717, 1.165) is 11.1 Å². The van der Waals surface area contributed by atoms with Gasteiger partial charge in [-0.05, 0) is 65.2 Å². The minimum Gasteiger partial charge on any atom is -0.507 e. The summed E-state index contributed by atoms with van der Waals surface area (Å²) in [5, 5.41) is 11.7. The van der Waals surface area contributed by atoms with E-state index in [-0.39, 0.29) is 17.9 Å². The van der Waals surface area contributed by atoms with Gasteiger partial charge in [-0.2, -0.15) is 0 Å². The normalized spacial score (nSPS) is 16.7. The third-order valence-corrected chi connectivity index (χ3v) is 6.43. The molecule has 0 radical (unpaired) electrons. The second-order valence-electron chi connectivity index (χ2n) is 8.64. The molecule has 0 aliphatic carbocycles. The van der Waals surface area contributed by atoms with Crippen LogP contribution in [0.15, 0.2) is 109 Å². The van der Waals surface area contributed by atoms with Crippen molar-refractivity contribution >= 4 is 29.1 Å². The largest absolute Gasteiger partial charge is 0.507 e. The van der Waals surface area contributed by atoms with E-state index in [2.05, 4.69) is 4.98 Å². The zero-order valence-corrected chi connectivity index (χ0v) is 20.5. The molecule has 1 aliphatic heterocycles. The van der Waals surface area contributed by atoms with Gasteiger partial charge in [0.15, 0.2) is 0 Å². The van der Waals surface area contributed by atoms with E-state index in [1.165, 1.54) is 4.90 Å². The number of rotatable bonds is 7. The summed E-state index contributed by atoms with van der Waals surface area (Å²) < 4.78 is 6.00. The molecule has 1 fully saturated rings. The first-order valence-electron chi connectivity index (χ1n) is 11.7. The molecule has 1 aromatic heterocycles. The number of aromatic nitrogens is 1. The minimum absolute atomic E-state index is 0.0154. The van der Waals surface area contributed by atoms with E-state index < -0.39 is 17.7 Å². The van der Waals surface area contributed by atoms with Crippen LogP contribution in [0.3, 0.4) is 0 Å². The maximum atomic E-state index is 13.3. The molecule has 37 heavy (non-hydrogen) atoms. The number of aliphatic hydroxyl groups excluding tert-OH is 1. The van der Waals surface area contributed by atoms with Crippen molar-refractivity contribution in [1.82, 2.24) is 9.88 Å². The number of likely N-dealkylation sites (tertiary alicyclic amines) is 1. The molecular formula is C30H23ClN2O4. The number of halogens is 1. The van der Waals surface area contributed by atoms with Crippen LogP contribution in [-0.4, -0.2) is 26.7 Å². The minimum atomic E-state index is -0.816. The first kappa shape index (κ1) is 24.3. The topological polar surface area (TPSA) is 79.7 Å². The van der Waals surface area contributed by atoms with Gasteiger partial charge in [0.05, 0.1) is 11.6 Å². The van der Waals surface area contributed by atoms with Gasteiger partial charge in [0, 0.05) is 29.5 Å². The van der Waals surface area contributed by atoms with Gasteiger partial charge in [-0.25, -0.2) is 0 Å². The predicted molar refractivity (Wildman–Crippen MR) is 141 cm³/mol. The number of carbonyl (C=O) groups is 2. The Morgan fingerprint density at radius 1 is 0.892 bits per heavy atom. The Kier molecular flexibility index (Phi) is 7.01. The molecule has 0 spiro atoms. The molecule has 0 saturated carbocycles. The van der Waals surface area contributed by atoms with Crippen molar-refractivity contribution in [3.63, 3.8) is 0 Å². The van der Waals surface area contributed by atoms with Crippen molar-refractivity contribution in [2.24, 2.45) is 0 Å². The molecule has 2 heterocycles. The molecule has 7 heteroatoms. The molecule has 1 saturated heterocycles. The second-order valence-corrected chi connectivity index (χ2v) is 9.07. The fraction of sp³-hybridized carbons (Fsp3) is 0.100. The van der Waals surface area contributed by atoms with Crippen LogP contribution in [0.2, 0.25) is 5.02 Å². The zero-order chi connectivity index (χ0) is 25.8. The third-order valence-electron chi connectivity index (χ3n) is 6.18. The van der Waals surface area contributed by atoms with Crippen LogP contribution in [0.4, 0.5) is 0 Å². The lowest BCUT2D eigenvalue weighted by Crippen LogP contribution is -2.29. The molecule has 1 aliphatic rings. The maximum absolute atomic E-state index is 13.3. The van der Waals surface area contributed by atoms with E-state index in [0.29, 0.717) is 28.5 Å². The van der Waals surface area contributed by atoms with Crippen molar-refractivity contribution in [2.75, 3.05) is 0 Å². The molecule has 1 atom stereocenters. The van der Waals surface area contributed by atoms with E-state index in [4.69, 9.17) is 16.3 Å². The van der Waals surface area contributed by atoms with Gasteiger partial charge in [0.25, 0.3) is 11.7 Å². The summed E-state index contributed by atoms with van der Waals surface area (Å²) in [5.41, 5.74) is 2.88. The third kappa shape index (κ3) is 5.25. The van der Waals surface area contributed by atoms with Crippen LogP contribution in [-0.2, 0) is 22.7 Å². The number of benzene rings is 3. The molecule has 1 amide bonds. The first-order valence-corrected chi connectivity index (χ1v) is 12.1. The zero-order valence-electron chi connectivity index (χ0n) is 19.8. The lowest BCUT2D eigenvalue weighted by atomic mass is 9.95. The van der Waals surface area contributed by atoms with Crippen LogP contribution in [0.5, 0.6) is 5.75 Å². The van der Waals surface area contributed by atoms with Gasteiger partial charge < -0.3 is 14.7 Å². The molecule has 3 aromatic carbocycles. The Morgan fingerprint density at radius 2 is 1.62 bits per heavy atom. The Hall–Kier alpha value is -4.42. The Labute approximate surface area is 219 Å². The summed E-state index contributed by atoms with van der Waals surface area (Å²) in [6.45, 7) is 0.538. The number of hydrogen-bond acceptors (Lipinski definition) is 5. The summed E-state index contributed by atoms with van der Waals surface area (Å²) in [5.74, 6) is -1.11. The highest BCUT2D eigenvalue weighted by atomic mass is 35.5. The predicted octanol–water partition coefficient (Wildman–Crippen LogP) is 5.94. The van der Waals surface area contributed by atoms with E-state index in [1.807, 2.05) is 48.5 Å². The van der Waals surface area contributed by atoms with Crippen LogP contribution in [0.1, 0.15) is 28.3 Å². The molecule has 0 bridgehead atoms. The lowest BCUT2D eigenvalue weighted by molar-refractivity contribution is -0.140. The van der Waals surface area contributed by atoms with Crippen molar-refractivity contribution in [3.05, 3.63) is 136 Å². The Balaban J connectivity index is 1.56. The number of ketones is 1. The Morgan fingerprint density at radius 3 is 2.35 bits per heavy atom. The average Bonchev–Trinajstić information content (AvgIpc) is 3.18. The number of carbonyl (C=O) groups excluding carboxylic acids is 2. The van der Waals surface area contributed by atoms with Crippen molar-refractivity contribution < 1.29 is 19.4 Å². The molecule has 4 aromatic rings. The van der Waals surface area contributed by atoms with Gasteiger partial charge in [0.2, 0.25) is 0 Å². The van der Waals surface area contributed by atoms with Gasteiger partial charge in [-0.15, -0.1) is 0 Å². The highest BCUT2D eigenvalue weighted by molar-refractivity contribution is 6.46. The monoisotopic (exact) mass is 510 g/mol. The molecule has 6 nitrogen and oxygen atoms in total. The fourth-order valence-electron chi connectivity index (χ4n) is 4.35. The fourth-order valence-corrected chi connectivity index (χ4v) is 4.48. The van der Waals surface area contributed by atoms with E-state index in [1.54, 1.807) is 54.9 Å². The number of nitrogens with zero attached hydrogens (tertiary/aromatic N) is 2. The average molecular weight is 511 g/mol. The molecule has 5 rings (SSSR count). The van der Waals surface area contributed by atoms with Crippen LogP contribution in [0, 0.1) is 0 Å². The SMILES string of the molecule is O=C1C(=O)N(Cc2ccncc2)C(c2cccc(OCc3ccccc3)c2)/C1=C(\O)c1ccc(Cl)cc1. The number of Topliss-reactive ketones (excluding diaryl/α,β-unsaturated/α-hetero) is 1. The van der Waals surface area contributed by atoms with Crippen molar-refractivity contribution in [1.29, 1.82) is 0 Å². The maximum Gasteiger partial charge on any atom is 0.295 e. The summed E-state index contributed by atoms with van der Waals surface area (Å²) >= 11 is 6.01. The van der Waals surface area contributed by atoms with E-state index in [9.17, 15) is 14.7 Å². The number of hydrogen-bond donors (Lipinski definition) is 1. The molecular weight excluding hydrogens is 488 g/mol. The van der Waals surface area contributed by atoms with Gasteiger partial charge in [-0.1, -0.05) is 54.1 Å². The quantitative estimate of drug-likeness (QED) is 0.189. The van der Waals surface area contributed by atoms with Crippen LogP contribution >= 0.6 is 11.6 Å². The van der Waals surface area contributed by atoms with Gasteiger partial charge in [0.1, 0.15) is 18.1 Å². The highest BCUT2D eigenvalue weighted by Crippen LogP contribution is 2.41. The van der Waals surface area contributed by atoms with Gasteiger partial charge in [-0.3, -0.25) is 14.6 Å². The van der Waals surface area contributed by atoms with Crippen LogP contribution in [0.25, 0.3) is 5.76 Å². The number of pyridine rings is 1. The first-order chi connectivity index (χ1) is 18.0. The Bertz CT molecular complexity index is 1450. The van der Waals surface area contributed by atoms with Crippen molar-refractivity contribution in [3.8, 4) is 5.75 Å². The lowest BCUT2D eigenvalue weighted by Gasteiger charge is -2.26. The van der Waals surface area contributed by atoms with Gasteiger partial charge >= 0.3 is 0 Å². The van der Waals surface area contributed by atoms with Crippen molar-refractivity contribution in [2.45, 2.75) is 19.2 Å². The number of amides is 1. The molecule has 1 unspecified atom stereocenters. The van der Waals surface area contributed by atoms with Crippen LogP contribution < -0.4 is 4.74 Å². The number of aliphatic hydroxyl groups is 1. The molecule has 1 N–H and O–H groups in total. The van der Waals surface area contributed by atoms with E-state index >= 15 is 0 Å². The standard InChI is InChI=1S/C30H23ClN2O4/c31-24-11-9-22(10-12-24)28(34)26-27(33(30(36)29(26)35)18-20-13-15-32-16-14-20)23-7-4-8-25(17-23)37-19-21-5-2-1-3-6-21/h1-17,27,34H,18-19H2/b28-26+.